The lowest BCUT2D eigenvalue weighted by molar-refractivity contribution is -0.115. The molecule has 0 spiro atoms. The van der Waals surface area contributed by atoms with Crippen LogP contribution in [0.2, 0.25) is 0 Å². The van der Waals surface area contributed by atoms with Gasteiger partial charge in [0.2, 0.25) is 0 Å². The fraction of sp³-hybridized carbons (Fsp3) is 0.500. The summed E-state index contributed by atoms with van der Waals surface area (Å²) in [5.41, 5.74) is 0.760. The average Bonchev–Trinajstić information content (AvgIpc) is 2.19. The third-order valence-corrected chi connectivity index (χ3v) is 1.80. The fourth-order valence-corrected chi connectivity index (χ4v) is 1.13. The number of Topliss-reactive ketones (excluding diaryl/α,β-unsaturated/α-hetero) is 1. The molecule has 0 atom stereocenters. The van der Waals surface area contributed by atoms with Crippen LogP contribution in [0.5, 0.6) is 0 Å². The summed E-state index contributed by atoms with van der Waals surface area (Å²) in [5, 5.41) is 2.85. The van der Waals surface area contributed by atoms with Gasteiger partial charge in [-0.2, -0.15) is 0 Å². The quantitative estimate of drug-likeness (QED) is 0.503. The van der Waals surface area contributed by atoms with E-state index in [9.17, 15) is 4.79 Å². The second-order valence-corrected chi connectivity index (χ2v) is 2.85. The van der Waals surface area contributed by atoms with Crippen molar-refractivity contribution in [1.29, 1.82) is 0 Å². The molecule has 0 saturated heterocycles. The number of carbonyl (C=O) groups is 1. The summed E-state index contributed by atoms with van der Waals surface area (Å²) in [5.74, 6) is 2.49. The summed E-state index contributed by atoms with van der Waals surface area (Å²) in [6, 6.07) is 0. The van der Waals surface area contributed by atoms with E-state index in [0.29, 0.717) is 19.7 Å². The van der Waals surface area contributed by atoms with Crippen molar-refractivity contribution in [3.8, 4) is 12.3 Å². The van der Waals surface area contributed by atoms with Gasteiger partial charge >= 0.3 is 0 Å². The molecule has 0 aliphatic carbocycles. The fourth-order valence-electron chi connectivity index (χ4n) is 1.13. The van der Waals surface area contributed by atoms with Crippen LogP contribution in [-0.2, 0) is 9.53 Å². The van der Waals surface area contributed by atoms with Crippen LogP contribution in [-0.4, -0.2) is 25.5 Å². The predicted molar refractivity (Wildman–Crippen MR) is 50.0 cm³/mol. The lowest BCUT2D eigenvalue weighted by Gasteiger charge is -2.12. The smallest absolute Gasteiger partial charge is 0.175 e. The third kappa shape index (κ3) is 3.30. The van der Waals surface area contributed by atoms with E-state index in [4.69, 9.17) is 11.2 Å². The molecule has 0 aromatic carbocycles. The van der Waals surface area contributed by atoms with E-state index in [0.717, 1.165) is 18.4 Å². The van der Waals surface area contributed by atoms with Gasteiger partial charge in [0.1, 0.15) is 0 Å². The summed E-state index contributed by atoms with van der Waals surface area (Å²) >= 11 is 0. The van der Waals surface area contributed by atoms with Crippen molar-refractivity contribution in [3.05, 3.63) is 11.8 Å². The first kappa shape index (κ1) is 9.82. The van der Waals surface area contributed by atoms with Crippen LogP contribution < -0.4 is 5.32 Å². The normalized spacial score (nSPS) is 15.5. The first-order valence-electron chi connectivity index (χ1n) is 4.32. The van der Waals surface area contributed by atoms with E-state index in [1.54, 1.807) is 6.26 Å². The second kappa shape index (κ2) is 5.39. The molecule has 3 heteroatoms. The van der Waals surface area contributed by atoms with Crippen LogP contribution in [0.3, 0.4) is 0 Å². The highest BCUT2D eigenvalue weighted by molar-refractivity contribution is 5.96. The molecule has 0 fully saturated rings. The zero-order valence-corrected chi connectivity index (χ0v) is 7.51. The standard InChI is InChI=1S/C10H13NO2/c1-2-5-11-7-10(12)9-4-3-6-13-8-9/h1,8,11H,3-7H2. The molecule has 1 rings (SSSR count). The molecule has 0 aromatic heterocycles. The summed E-state index contributed by atoms with van der Waals surface area (Å²) in [4.78, 5) is 11.4. The minimum absolute atomic E-state index is 0.0787. The maximum atomic E-state index is 11.4. The molecular weight excluding hydrogens is 166 g/mol. The molecule has 70 valence electrons. The second-order valence-electron chi connectivity index (χ2n) is 2.85. The summed E-state index contributed by atoms with van der Waals surface area (Å²) in [7, 11) is 0. The van der Waals surface area contributed by atoms with E-state index >= 15 is 0 Å². The Bertz CT molecular complexity index is 250. The molecule has 0 aromatic rings. The molecule has 1 heterocycles. The van der Waals surface area contributed by atoms with Gasteiger partial charge in [0, 0.05) is 5.57 Å². The van der Waals surface area contributed by atoms with Crippen LogP contribution >= 0.6 is 0 Å². The lowest BCUT2D eigenvalue weighted by atomic mass is 10.1. The Kier molecular flexibility index (Phi) is 4.07. The summed E-state index contributed by atoms with van der Waals surface area (Å²) < 4.78 is 5.06. The molecule has 13 heavy (non-hydrogen) atoms. The van der Waals surface area contributed by atoms with Crippen molar-refractivity contribution >= 4 is 5.78 Å². The molecule has 0 radical (unpaired) electrons. The Hall–Kier alpha value is -1.27. The van der Waals surface area contributed by atoms with Crippen LogP contribution in [0, 0.1) is 12.3 Å². The van der Waals surface area contributed by atoms with E-state index in [1.165, 1.54) is 0 Å². The van der Waals surface area contributed by atoms with Gasteiger partial charge < -0.3 is 4.74 Å². The van der Waals surface area contributed by atoms with Crippen molar-refractivity contribution in [3.63, 3.8) is 0 Å². The highest BCUT2D eigenvalue weighted by Gasteiger charge is 2.11. The third-order valence-electron chi connectivity index (χ3n) is 1.80. The SMILES string of the molecule is C#CCNCC(=O)C1=COCCC1. The van der Waals surface area contributed by atoms with Crippen LogP contribution in [0.4, 0.5) is 0 Å². The molecule has 3 nitrogen and oxygen atoms in total. The van der Waals surface area contributed by atoms with Gasteiger partial charge in [0.15, 0.2) is 5.78 Å². The molecule has 1 aliphatic heterocycles. The maximum absolute atomic E-state index is 11.4. The van der Waals surface area contributed by atoms with Gasteiger partial charge in [-0.05, 0) is 12.8 Å². The highest BCUT2D eigenvalue weighted by atomic mass is 16.5. The van der Waals surface area contributed by atoms with Gasteiger partial charge in [-0.1, -0.05) is 5.92 Å². The molecule has 0 bridgehead atoms. The number of hydrogen-bond donors (Lipinski definition) is 1. The molecule has 0 unspecified atom stereocenters. The Labute approximate surface area is 78.2 Å². The van der Waals surface area contributed by atoms with Gasteiger partial charge in [-0.3, -0.25) is 10.1 Å². The molecule has 1 aliphatic rings. The molecular formula is C10H13NO2. The van der Waals surface area contributed by atoms with Crippen molar-refractivity contribution in [2.75, 3.05) is 19.7 Å². The number of nitrogens with one attached hydrogen (secondary N) is 1. The zero-order chi connectivity index (χ0) is 9.52. The predicted octanol–water partition coefficient (Wildman–Crippen LogP) is 0.473. The van der Waals surface area contributed by atoms with Crippen molar-refractivity contribution in [2.24, 2.45) is 0 Å². The minimum atomic E-state index is 0.0787. The number of ether oxygens (including phenoxy) is 1. The van der Waals surface area contributed by atoms with Gasteiger partial charge in [-0.15, -0.1) is 6.42 Å². The monoisotopic (exact) mass is 179 g/mol. The van der Waals surface area contributed by atoms with E-state index in [1.807, 2.05) is 0 Å². The average molecular weight is 179 g/mol. The number of rotatable bonds is 4. The van der Waals surface area contributed by atoms with E-state index in [2.05, 4.69) is 11.2 Å². The lowest BCUT2D eigenvalue weighted by Crippen LogP contribution is -2.25. The highest BCUT2D eigenvalue weighted by Crippen LogP contribution is 2.11. The first-order chi connectivity index (χ1) is 6.34. The molecule has 0 amide bonds. The van der Waals surface area contributed by atoms with Crippen LogP contribution in [0.15, 0.2) is 11.8 Å². The van der Waals surface area contributed by atoms with Gasteiger partial charge in [-0.25, -0.2) is 0 Å². The Balaban J connectivity index is 2.30. The Morgan fingerprint density at radius 1 is 1.77 bits per heavy atom. The largest absolute Gasteiger partial charge is 0.501 e. The van der Waals surface area contributed by atoms with Crippen molar-refractivity contribution in [1.82, 2.24) is 5.32 Å². The maximum Gasteiger partial charge on any atom is 0.175 e. The van der Waals surface area contributed by atoms with Crippen LogP contribution in [0.1, 0.15) is 12.8 Å². The van der Waals surface area contributed by atoms with Gasteiger partial charge in [0.05, 0.1) is 26.0 Å². The Morgan fingerprint density at radius 3 is 3.23 bits per heavy atom. The number of hydrogen-bond acceptors (Lipinski definition) is 3. The van der Waals surface area contributed by atoms with Gasteiger partial charge in [0.25, 0.3) is 0 Å². The molecule has 1 N–H and O–H groups in total. The summed E-state index contributed by atoms with van der Waals surface area (Å²) in [6.45, 7) is 1.45. The topological polar surface area (TPSA) is 38.3 Å². The van der Waals surface area contributed by atoms with E-state index < -0.39 is 0 Å². The van der Waals surface area contributed by atoms with Crippen molar-refractivity contribution in [2.45, 2.75) is 12.8 Å². The first-order valence-corrected chi connectivity index (χ1v) is 4.32. The summed E-state index contributed by atoms with van der Waals surface area (Å²) in [6.07, 6.45) is 8.33. The minimum Gasteiger partial charge on any atom is -0.501 e. The van der Waals surface area contributed by atoms with Crippen LogP contribution in [0.25, 0.3) is 0 Å². The van der Waals surface area contributed by atoms with E-state index in [-0.39, 0.29) is 5.78 Å². The number of ketones is 1. The number of terminal acetylenes is 1. The van der Waals surface area contributed by atoms with Crippen molar-refractivity contribution < 1.29 is 9.53 Å². The number of carbonyl (C=O) groups excluding carboxylic acids is 1. The Morgan fingerprint density at radius 2 is 2.62 bits per heavy atom. The molecule has 0 saturated carbocycles. The zero-order valence-electron chi connectivity index (χ0n) is 7.51.